The van der Waals surface area contributed by atoms with Crippen LogP contribution in [0.5, 0.6) is 0 Å². The number of hydrogen-bond donors (Lipinski definition) is 2. The number of carbonyl (C=O) groups is 2. The van der Waals surface area contributed by atoms with Crippen LogP contribution in [0.3, 0.4) is 0 Å². The Kier molecular flexibility index (Phi) is 6.66. The topological polar surface area (TPSA) is 108 Å². The quantitative estimate of drug-likeness (QED) is 0.675. The average Bonchev–Trinajstić information content (AvgIpc) is 2.80. The van der Waals surface area contributed by atoms with Gasteiger partial charge in [0.1, 0.15) is 0 Å². The lowest BCUT2D eigenvalue weighted by Gasteiger charge is -2.29. The Bertz CT molecular complexity index is 1120. The number of amides is 2. The Morgan fingerprint density at radius 2 is 1.78 bits per heavy atom. The molecule has 170 valence electrons. The van der Waals surface area contributed by atoms with Crippen molar-refractivity contribution in [1.29, 1.82) is 0 Å². The van der Waals surface area contributed by atoms with E-state index in [9.17, 15) is 18.0 Å². The van der Waals surface area contributed by atoms with Gasteiger partial charge < -0.3 is 20.3 Å². The standard InChI is InChI=1S/C21H23ClN4O5S/c22-18-13-16(3-6-19(18)25-8-7-23-20(27)14-25)24-21(28)15-1-4-17(5-2-15)32(29,30)26-9-11-31-12-10-26/h1-6,13H,7-12,14H2,(H,23,27)(H,24,28). The second-order valence-electron chi connectivity index (χ2n) is 7.43. The maximum atomic E-state index is 12.7. The van der Waals surface area contributed by atoms with Crippen LogP contribution in [0.15, 0.2) is 47.4 Å². The first-order valence-corrected chi connectivity index (χ1v) is 12.0. The number of morpholine rings is 1. The fraction of sp³-hybridized carbons (Fsp3) is 0.333. The third-order valence-corrected chi connectivity index (χ3v) is 7.52. The minimum atomic E-state index is -3.62. The molecule has 2 saturated heterocycles. The van der Waals surface area contributed by atoms with Crippen LogP contribution in [0.25, 0.3) is 0 Å². The molecular formula is C21H23ClN4O5S. The highest BCUT2D eigenvalue weighted by Crippen LogP contribution is 2.29. The minimum absolute atomic E-state index is 0.0659. The number of benzene rings is 2. The van der Waals surface area contributed by atoms with E-state index in [4.69, 9.17) is 16.3 Å². The van der Waals surface area contributed by atoms with Gasteiger partial charge in [0, 0.05) is 37.4 Å². The molecule has 4 rings (SSSR count). The first-order chi connectivity index (χ1) is 15.3. The summed E-state index contributed by atoms with van der Waals surface area (Å²) < 4.78 is 32.0. The Morgan fingerprint density at radius 3 is 2.44 bits per heavy atom. The molecule has 0 bridgehead atoms. The Hall–Kier alpha value is -2.66. The maximum Gasteiger partial charge on any atom is 0.255 e. The fourth-order valence-electron chi connectivity index (χ4n) is 3.60. The molecule has 2 heterocycles. The van der Waals surface area contributed by atoms with Gasteiger partial charge in [-0.3, -0.25) is 9.59 Å². The third-order valence-electron chi connectivity index (χ3n) is 5.31. The van der Waals surface area contributed by atoms with Crippen LogP contribution < -0.4 is 15.5 Å². The van der Waals surface area contributed by atoms with Gasteiger partial charge in [-0.25, -0.2) is 8.42 Å². The van der Waals surface area contributed by atoms with Crippen molar-refractivity contribution < 1.29 is 22.7 Å². The second-order valence-corrected chi connectivity index (χ2v) is 9.78. The molecule has 2 amide bonds. The van der Waals surface area contributed by atoms with Crippen molar-refractivity contribution in [3.63, 3.8) is 0 Å². The smallest absolute Gasteiger partial charge is 0.255 e. The van der Waals surface area contributed by atoms with Crippen LogP contribution >= 0.6 is 11.6 Å². The summed E-state index contributed by atoms with van der Waals surface area (Å²) >= 11 is 6.38. The number of halogens is 1. The SMILES string of the molecule is O=C1CN(c2ccc(NC(=O)c3ccc(S(=O)(=O)N4CCOCC4)cc3)cc2Cl)CCN1. The van der Waals surface area contributed by atoms with Crippen LogP contribution in [0.4, 0.5) is 11.4 Å². The predicted molar refractivity (Wildman–Crippen MR) is 121 cm³/mol. The van der Waals surface area contributed by atoms with E-state index in [2.05, 4.69) is 10.6 Å². The van der Waals surface area contributed by atoms with Gasteiger partial charge >= 0.3 is 0 Å². The predicted octanol–water partition coefficient (Wildman–Crippen LogP) is 1.55. The number of nitrogens with zero attached hydrogens (tertiary/aromatic N) is 2. The van der Waals surface area contributed by atoms with Gasteiger partial charge in [-0.05, 0) is 42.5 Å². The van der Waals surface area contributed by atoms with Gasteiger partial charge in [-0.2, -0.15) is 4.31 Å². The fourth-order valence-corrected chi connectivity index (χ4v) is 5.31. The summed E-state index contributed by atoms with van der Waals surface area (Å²) in [4.78, 5) is 26.2. The average molecular weight is 479 g/mol. The molecule has 0 aliphatic carbocycles. The normalized spacial score (nSPS) is 17.7. The van der Waals surface area contributed by atoms with E-state index in [0.29, 0.717) is 55.7 Å². The van der Waals surface area contributed by atoms with Gasteiger partial charge in [-0.1, -0.05) is 11.6 Å². The summed E-state index contributed by atoms with van der Waals surface area (Å²) in [6, 6.07) is 10.9. The van der Waals surface area contributed by atoms with Gasteiger partial charge in [0.2, 0.25) is 15.9 Å². The molecule has 2 aliphatic rings. The largest absolute Gasteiger partial charge is 0.379 e. The number of nitrogens with one attached hydrogen (secondary N) is 2. The van der Waals surface area contributed by atoms with E-state index in [1.807, 2.05) is 4.90 Å². The van der Waals surface area contributed by atoms with E-state index < -0.39 is 10.0 Å². The summed E-state index contributed by atoms with van der Waals surface area (Å²) in [6.45, 7) is 2.78. The number of piperazine rings is 1. The highest BCUT2D eigenvalue weighted by Gasteiger charge is 2.26. The molecule has 0 saturated carbocycles. The molecule has 0 unspecified atom stereocenters. The van der Waals surface area contributed by atoms with E-state index in [1.54, 1.807) is 18.2 Å². The maximum absolute atomic E-state index is 12.7. The van der Waals surface area contributed by atoms with Crippen LogP contribution in [0, 0.1) is 0 Å². The lowest BCUT2D eigenvalue weighted by atomic mass is 10.2. The molecule has 32 heavy (non-hydrogen) atoms. The highest BCUT2D eigenvalue weighted by atomic mass is 35.5. The molecular weight excluding hydrogens is 456 g/mol. The van der Waals surface area contributed by atoms with Crippen LogP contribution in [-0.2, 0) is 19.6 Å². The second kappa shape index (κ2) is 9.45. The lowest BCUT2D eigenvalue weighted by Crippen LogP contribution is -2.47. The highest BCUT2D eigenvalue weighted by molar-refractivity contribution is 7.89. The van der Waals surface area contributed by atoms with E-state index >= 15 is 0 Å². The number of sulfonamides is 1. The number of hydrogen-bond acceptors (Lipinski definition) is 6. The molecule has 0 atom stereocenters. The zero-order valence-electron chi connectivity index (χ0n) is 17.2. The number of anilines is 2. The first-order valence-electron chi connectivity index (χ1n) is 10.1. The Labute approximate surface area is 191 Å². The summed E-state index contributed by atoms with van der Waals surface area (Å²) in [7, 11) is -3.62. The molecule has 11 heteroatoms. The van der Waals surface area contributed by atoms with Gasteiger partial charge in [-0.15, -0.1) is 0 Å². The summed E-state index contributed by atoms with van der Waals surface area (Å²) in [5, 5.41) is 5.94. The van der Waals surface area contributed by atoms with Crippen molar-refractivity contribution in [3.8, 4) is 0 Å². The molecule has 2 aliphatic heterocycles. The summed E-state index contributed by atoms with van der Waals surface area (Å²) in [6.07, 6.45) is 0. The number of ether oxygens (including phenoxy) is 1. The lowest BCUT2D eigenvalue weighted by molar-refractivity contribution is -0.120. The van der Waals surface area contributed by atoms with E-state index in [1.165, 1.54) is 28.6 Å². The number of rotatable bonds is 5. The van der Waals surface area contributed by atoms with Crippen molar-refractivity contribution in [2.24, 2.45) is 0 Å². The van der Waals surface area contributed by atoms with Crippen molar-refractivity contribution in [1.82, 2.24) is 9.62 Å². The Balaban J connectivity index is 1.43. The van der Waals surface area contributed by atoms with E-state index in [-0.39, 0.29) is 23.3 Å². The number of carbonyl (C=O) groups excluding carboxylic acids is 2. The molecule has 2 N–H and O–H groups in total. The van der Waals surface area contributed by atoms with Gasteiger partial charge in [0.05, 0.1) is 35.4 Å². The molecule has 9 nitrogen and oxygen atoms in total. The molecule has 2 aromatic carbocycles. The van der Waals surface area contributed by atoms with Gasteiger partial charge in [0.25, 0.3) is 5.91 Å². The minimum Gasteiger partial charge on any atom is -0.379 e. The van der Waals surface area contributed by atoms with Gasteiger partial charge in [0.15, 0.2) is 0 Å². The first kappa shape index (κ1) is 22.5. The van der Waals surface area contributed by atoms with Crippen molar-refractivity contribution in [2.45, 2.75) is 4.90 Å². The van der Waals surface area contributed by atoms with Crippen LogP contribution in [-0.4, -0.2) is 70.5 Å². The van der Waals surface area contributed by atoms with Crippen molar-refractivity contribution in [3.05, 3.63) is 53.1 Å². The van der Waals surface area contributed by atoms with Crippen molar-refractivity contribution in [2.75, 3.05) is 56.2 Å². The molecule has 2 fully saturated rings. The zero-order chi connectivity index (χ0) is 22.7. The van der Waals surface area contributed by atoms with E-state index in [0.717, 1.165) is 5.69 Å². The van der Waals surface area contributed by atoms with Crippen LogP contribution in [0.1, 0.15) is 10.4 Å². The molecule has 0 radical (unpaired) electrons. The Morgan fingerprint density at radius 1 is 1.06 bits per heavy atom. The monoisotopic (exact) mass is 478 g/mol. The summed E-state index contributed by atoms with van der Waals surface area (Å²) in [5.41, 5.74) is 1.53. The molecule has 0 spiro atoms. The summed E-state index contributed by atoms with van der Waals surface area (Å²) in [5.74, 6) is -0.453. The van der Waals surface area contributed by atoms with Crippen LogP contribution in [0.2, 0.25) is 5.02 Å². The molecule has 0 aromatic heterocycles. The van der Waals surface area contributed by atoms with Crippen molar-refractivity contribution >= 4 is 44.8 Å². The third kappa shape index (κ3) is 4.88. The zero-order valence-corrected chi connectivity index (χ0v) is 18.8. The molecule has 2 aromatic rings.